The molecule has 0 unspecified atom stereocenters. The minimum atomic E-state index is -1.21. The minimum absolute atomic E-state index is 0. The molecular weight excluding hydrogens is 800 g/mol. The number of nitrogens with zero attached hydrogens (tertiary/aromatic N) is 6. The summed E-state index contributed by atoms with van der Waals surface area (Å²) in [6, 6.07) is 24.2. The van der Waals surface area contributed by atoms with Crippen molar-refractivity contribution < 1.29 is 138 Å². The van der Waals surface area contributed by atoms with Crippen molar-refractivity contribution in [2.75, 3.05) is 18.7 Å². The van der Waals surface area contributed by atoms with E-state index in [1.54, 1.807) is 84.9 Å². The van der Waals surface area contributed by atoms with Crippen molar-refractivity contribution in [3.05, 3.63) is 96.1 Å². The zero-order valence-corrected chi connectivity index (χ0v) is 38.5. The van der Waals surface area contributed by atoms with Crippen LogP contribution in [0.2, 0.25) is 0 Å². The minimum Gasteiger partial charge on any atom is -0.691 e. The molecule has 5 rings (SSSR count). The molecule has 0 fully saturated rings. The first kappa shape index (κ1) is 49.8. The van der Waals surface area contributed by atoms with E-state index < -0.39 is 5.97 Å². The van der Waals surface area contributed by atoms with E-state index in [2.05, 4.69) is 54.7 Å². The monoisotopic (exact) mass is 827 g/mol. The van der Waals surface area contributed by atoms with Gasteiger partial charge in [-0.15, -0.1) is 5.11 Å². The van der Waals surface area contributed by atoms with Crippen molar-refractivity contribution in [2.45, 2.75) is 30.1 Å². The van der Waals surface area contributed by atoms with Crippen LogP contribution in [0.5, 0.6) is 5.75 Å². The van der Waals surface area contributed by atoms with Crippen LogP contribution >= 0.6 is 24.1 Å². The third kappa shape index (κ3) is 15.1. The number of aliphatic carboxylic acids is 1. The van der Waals surface area contributed by atoms with E-state index in [0.29, 0.717) is 61.8 Å². The molecule has 5 aromatic carbocycles. The van der Waals surface area contributed by atoms with Gasteiger partial charge < -0.3 is 35.6 Å². The fourth-order valence-corrected chi connectivity index (χ4v) is 5.42. The molecule has 0 bridgehead atoms. The van der Waals surface area contributed by atoms with Crippen LogP contribution in [0.4, 0.5) is 39.8 Å². The number of carbonyl (C=O) groups is 1. The molecule has 0 aromatic heterocycles. The number of benzene rings is 5. The largest absolute Gasteiger partial charge is 1.00 e. The van der Waals surface area contributed by atoms with Crippen LogP contribution in [-0.2, 0) is 28.3 Å². The summed E-state index contributed by atoms with van der Waals surface area (Å²) in [5, 5.41) is 79.0. The molecule has 0 spiro atoms. The van der Waals surface area contributed by atoms with Gasteiger partial charge in [-0.2, -0.15) is 34.2 Å². The topological polar surface area (TPSA) is 239 Å². The molecule has 22 heteroatoms. The van der Waals surface area contributed by atoms with Crippen molar-refractivity contribution in [1.82, 2.24) is 0 Å². The smallest absolute Gasteiger partial charge is 0.691 e. The number of anilines is 1. The normalized spacial score (nSPS) is 11.1. The summed E-state index contributed by atoms with van der Waals surface area (Å²) in [5.41, 5.74) is 5.08. The Morgan fingerprint density at radius 3 is 1.82 bits per heavy atom. The Morgan fingerprint density at radius 1 is 0.714 bits per heavy atom. The Labute approximate surface area is 395 Å². The number of aryl methyl sites for hydroxylation is 2. The summed E-state index contributed by atoms with van der Waals surface area (Å²) in [6.45, 7) is 3.71. The molecule has 5 aromatic rings. The second kappa shape index (κ2) is 25.9. The van der Waals surface area contributed by atoms with Gasteiger partial charge in [0.1, 0.15) is 12.4 Å². The number of aromatic hydroxyl groups is 1. The van der Waals surface area contributed by atoms with Crippen molar-refractivity contribution >= 4 is 80.6 Å². The van der Waals surface area contributed by atoms with Gasteiger partial charge in [-0.05, 0) is 115 Å². The third-order valence-corrected chi connectivity index (χ3v) is 8.40. The molecule has 17 nitrogen and oxygen atoms in total. The number of carboxylic acid groups (broad SMARTS) is 1. The van der Waals surface area contributed by atoms with Crippen molar-refractivity contribution in [2.24, 2.45) is 30.7 Å². The number of fused-ring (bicyclic) bond motifs is 1. The Morgan fingerprint density at radius 2 is 1.25 bits per heavy atom. The first-order valence-electron chi connectivity index (χ1n) is 15.4. The fraction of sp³-hybridized carbons (Fsp3) is 0.147. The first-order valence-corrected chi connectivity index (χ1v) is 16.9. The molecule has 56 heavy (non-hydrogen) atoms. The van der Waals surface area contributed by atoms with Crippen LogP contribution in [0, 0.1) is 13.8 Å². The molecule has 0 heterocycles. The Hall–Kier alpha value is -2.35. The zero-order valence-electron chi connectivity index (χ0n) is 30.8. The average molecular weight is 828 g/mol. The number of hydrogen-bond donors (Lipinski definition) is 2. The predicted molar refractivity (Wildman–Crippen MR) is 187 cm³/mol. The maximum Gasteiger partial charge on any atom is 1.00 e. The summed E-state index contributed by atoms with van der Waals surface area (Å²) in [5.74, 6) is -1.42. The zero-order chi connectivity index (χ0) is 37.6. The third-order valence-electron chi connectivity index (χ3n) is 7.20. The molecule has 0 radical (unpaired) electrons. The van der Waals surface area contributed by atoms with Crippen LogP contribution in [-0.4, -0.2) is 24.4 Å². The molecule has 0 atom stereocenters. The second-order valence-corrected chi connectivity index (χ2v) is 12.4. The predicted octanol–water partition coefficient (Wildman–Crippen LogP) is -1.59. The number of phenols is 1. The van der Waals surface area contributed by atoms with Crippen LogP contribution in [0.25, 0.3) is 10.8 Å². The van der Waals surface area contributed by atoms with E-state index in [4.69, 9.17) is 4.74 Å². The van der Waals surface area contributed by atoms with Gasteiger partial charge in [0.25, 0.3) is 0 Å². The van der Waals surface area contributed by atoms with Crippen LogP contribution in [0.3, 0.4) is 0 Å². The van der Waals surface area contributed by atoms with Crippen LogP contribution in [0.15, 0.2) is 125 Å². The number of hydrogen-bond acceptors (Lipinski definition) is 19. The Kier molecular flexibility index (Phi) is 23.0. The molecule has 0 aliphatic carbocycles. The molecule has 0 aliphatic rings. The summed E-state index contributed by atoms with van der Waals surface area (Å²) in [6.07, 6.45) is -0.230. The van der Waals surface area contributed by atoms with E-state index >= 15 is 0 Å². The number of azo groups is 3. The summed E-state index contributed by atoms with van der Waals surface area (Å²) in [7, 11) is 0. The van der Waals surface area contributed by atoms with E-state index in [1.807, 2.05) is 13.8 Å². The second-order valence-electron chi connectivity index (χ2n) is 10.8. The number of ether oxygens (including phenoxy) is 1. The maximum absolute atomic E-state index is 11.2. The first-order chi connectivity index (χ1) is 25.7. The van der Waals surface area contributed by atoms with Crippen molar-refractivity contribution in [3.8, 4) is 5.75 Å². The summed E-state index contributed by atoms with van der Waals surface area (Å²) in [4.78, 5) is 11.5. The summed E-state index contributed by atoms with van der Waals surface area (Å²) < 4.78 is 14.1. The van der Waals surface area contributed by atoms with Gasteiger partial charge in [-0.1, -0.05) is 0 Å². The Bertz CT molecular complexity index is 2140. The number of carboxylic acids is 1. The molecular formula is C34H28N7Na3O10S2. The molecule has 0 amide bonds. The van der Waals surface area contributed by atoms with Gasteiger partial charge in [-0.25, -0.2) is 0 Å². The number of phenolic OH excluding ortho intramolecular Hbond substituents is 1. The van der Waals surface area contributed by atoms with Gasteiger partial charge in [0.15, 0.2) is 5.75 Å². The number of carbonyl (C=O) groups excluding carboxylic acids is 1. The van der Waals surface area contributed by atoms with Gasteiger partial charge in [0.05, 0.1) is 64.0 Å². The van der Waals surface area contributed by atoms with E-state index in [1.165, 1.54) is 0 Å². The van der Waals surface area contributed by atoms with Gasteiger partial charge in [0.2, 0.25) is 0 Å². The Balaban J connectivity index is 0.00000361. The quantitative estimate of drug-likeness (QED) is 0.0193. The van der Waals surface area contributed by atoms with E-state index in [-0.39, 0.29) is 125 Å². The van der Waals surface area contributed by atoms with Gasteiger partial charge in [0, 0.05) is 28.4 Å². The number of nitrogens with one attached hydrogen (secondary N) is 1. The summed E-state index contributed by atoms with van der Waals surface area (Å²) >= 11 is 1.34. The molecule has 0 aliphatic heterocycles. The maximum atomic E-state index is 11.2. The van der Waals surface area contributed by atoms with Crippen LogP contribution < -0.4 is 110 Å². The molecule has 0 saturated carbocycles. The molecule has 2 N–H and O–H groups in total. The SMILES string of the molecule is Cc1cc(N=Nc2c(SOO[O-])cc3cc(NCOCCC(=O)[O-])ccc3c2O)c(C)cc1N=Nc1ccc(N=Nc2ccc(SOO[O-])cc2)cc1.[Na+].[Na+].[Na+]. The molecule has 0 saturated heterocycles. The van der Waals surface area contributed by atoms with Crippen molar-refractivity contribution in [1.29, 1.82) is 0 Å². The van der Waals surface area contributed by atoms with Gasteiger partial charge >= 0.3 is 88.7 Å². The van der Waals surface area contributed by atoms with E-state index in [0.717, 1.165) is 23.2 Å². The van der Waals surface area contributed by atoms with E-state index in [9.17, 15) is 25.5 Å². The molecule has 274 valence electrons. The van der Waals surface area contributed by atoms with Gasteiger partial charge in [-0.3, -0.25) is 10.1 Å². The fourth-order valence-electron chi connectivity index (χ4n) is 4.57. The average Bonchev–Trinajstić information content (AvgIpc) is 3.16. The van der Waals surface area contributed by atoms with Crippen LogP contribution in [0.1, 0.15) is 17.5 Å². The standard InChI is InChI=1S/C34H31N7O10S2.3Na/c1-20-16-30(21(2)15-29(20)39-38-24-5-3-23(4-6-24)36-37-25-7-10-27(11-8-25)52-50-48-45)40-41-33-31(53-51-49-46)18-22-17-26(9-12-28(22)34(33)44)35-19-47-14-13-32(42)43;;;/h3-12,15-18,35,44-46H,13-14,19H2,1-2H3,(H,42,43);;;/q;3*+1/p-3. The number of rotatable bonds is 18. The van der Waals surface area contributed by atoms with Crippen molar-refractivity contribution in [3.63, 3.8) is 0 Å².